The van der Waals surface area contributed by atoms with Crippen LogP contribution in [0.3, 0.4) is 0 Å². The van der Waals surface area contributed by atoms with Gasteiger partial charge in [0.15, 0.2) is 0 Å². The second-order valence-corrected chi connectivity index (χ2v) is 9.47. The minimum absolute atomic E-state index is 0.138. The third-order valence-corrected chi connectivity index (χ3v) is 7.26. The van der Waals surface area contributed by atoms with Crippen LogP contribution in [0.25, 0.3) is 0 Å². The molecule has 180 valence electrons. The zero-order valence-electron chi connectivity index (χ0n) is 19.7. The summed E-state index contributed by atoms with van der Waals surface area (Å²) >= 11 is 0. The molecule has 0 spiro atoms. The lowest BCUT2D eigenvalue weighted by Crippen LogP contribution is -2.28. The molecule has 0 aromatic heterocycles. The third kappa shape index (κ3) is 5.26. The Kier molecular flexibility index (Phi) is 7.68. The molecule has 9 heteroatoms. The smallest absolute Gasteiger partial charge is 0.264 e. The van der Waals surface area contributed by atoms with Crippen molar-refractivity contribution in [3.8, 4) is 17.2 Å². The van der Waals surface area contributed by atoms with E-state index >= 15 is 0 Å². The van der Waals surface area contributed by atoms with Crippen LogP contribution in [0.4, 0.5) is 5.69 Å². The molecular weight excluding hydrogens is 456 g/mol. The lowest BCUT2D eigenvalue weighted by atomic mass is 10.1. The van der Waals surface area contributed by atoms with E-state index in [4.69, 9.17) is 14.2 Å². The van der Waals surface area contributed by atoms with E-state index in [0.717, 1.165) is 5.56 Å². The molecule has 0 radical (unpaired) electrons. The summed E-state index contributed by atoms with van der Waals surface area (Å²) in [5.41, 5.74) is 1.60. The number of nitrogens with zero attached hydrogens (tertiary/aromatic N) is 1. The third-order valence-electron chi connectivity index (χ3n) is 5.46. The van der Waals surface area contributed by atoms with Gasteiger partial charge in [-0.15, -0.1) is 0 Å². The fourth-order valence-electron chi connectivity index (χ4n) is 3.40. The van der Waals surface area contributed by atoms with Gasteiger partial charge in [-0.05, 0) is 73.7 Å². The van der Waals surface area contributed by atoms with E-state index in [1.807, 2.05) is 13.0 Å². The van der Waals surface area contributed by atoms with Gasteiger partial charge in [0, 0.05) is 18.2 Å². The molecule has 34 heavy (non-hydrogen) atoms. The maximum absolute atomic E-state index is 12.9. The van der Waals surface area contributed by atoms with Gasteiger partial charge in [0.05, 0.1) is 38.0 Å². The fourth-order valence-corrected chi connectivity index (χ4v) is 4.60. The van der Waals surface area contributed by atoms with Crippen LogP contribution >= 0.6 is 0 Å². The quantitative estimate of drug-likeness (QED) is 0.493. The molecule has 0 bridgehead atoms. The molecule has 3 aromatic carbocycles. The van der Waals surface area contributed by atoms with Crippen molar-refractivity contribution in [1.82, 2.24) is 5.32 Å². The average Bonchev–Trinajstić information content (AvgIpc) is 2.87. The molecule has 0 saturated carbocycles. The Morgan fingerprint density at radius 2 is 1.44 bits per heavy atom. The Morgan fingerprint density at radius 1 is 0.853 bits per heavy atom. The predicted molar refractivity (Wildman–Crippen MR) is 130 cm³/mol. The lowest BCUT2D eigenvalue weighted by Gasteiger charge is -2.20. The molecule has 1 N–H and O–H groups in total. The van der Waals surface area contributed by atoms with Gasteiger partial charge >= 0.3 is 0 Å². The van der Waals surface area contributed by atoms with Gasteiger partial charge in [0.1, 0.15) is 17.2 Å². The van der Waals surface area contributed by atoms with Crippen LogP contribution in [0.2, 0.25) is 0 Å². The normalized spacial score (nSPS) is 11.9. The highest BCUT2D eigenvalue weighted by atomic mass is 32.2. The molecule has 0 aliphatic rings. The first kappa shape index (κ1) is 24.9. The number of nitrogens with one attached hydrogen (secondary N) is 1. The van der Waals surface area contributed by atoms with Crippen molar-refractivity contribution < 1.29 is 27.4 Å². The number of ether oxygens (including phenoxy) is 3. The molecule has 0 fully saturated rings. The summed E-state index contributed by atoms with van der Waals surface area (Å²) in [6.07, 6.45) is 0. The van der Waals surface area contributed by atoms with Crippen molar-refractivity contribution in [3.63, 3.8) is 0 Å². The van der Waals surface area contributed by atoms with E-state index in [2.05, 4.69) is 5.32 Å². The van der Waals surface area contributed by atoms with Crippen molar-refractivity contribution in [2.45, 2.75) is 17.9 Å². The second kappa shape index (κ2) is 10.5. The Bertz CT molecular complexity index is 1240. The van der Waals surface area contributed by atoms with E-state index in [-0.39, 0.29) is 16.8 Å². The minimum atomic E-state index is -3.77. The summed E-state index contributed by atoms with van der Waals surface area (Å²) in [4.78, 5) is 13.0. The summed E-state index contributed by atoms with van der Waals surface area (Å²) in [5, 5.41) is 2.94. The number of benzene rings is 3. The highest BCUT2D eigenvalue weighted by Gasteiger charge is 2.22. The van der Waals surface area contributed by atoms with Crippen molar-refractivity contribution in [2.75, 3.05) is 32.7 Å². The van der Waals surface area contributed by atoms with Gasteiger partial charge in [0.25, 0.3) is 15.9 Å². The van der Waals surface area contributed by atoms with E-state index < -0.39 is 10.0 Å². The van der Waals surface area contributed by atoms with Crippen LogP contribution in [0.1, 0.15) is 28.9 Å². The van der Waals surface area contributed by atoms with Crippen LogP contribution in [0.5, 0.6) is 17.2 Å². The predicted octanol–water partition coefficient (Wildman–Crippen LogP) is 4.03. The van der Waals surface area contributed by atoms with Gasteiger partial charge in [0.2, 0.25) is 0 Å². The van der Waals surface area contributed by atoms with Crippen LogP contribution in [-0.4, -0.2) is 42.7 Å². The van der Waals surface area contributed by atoms with Gasteiger partial charge in [-0.25, -0.2) is 8.42 Å². The summed E-state index contributed by atoms with van der Waals surface area (Å²) < 4.78 is 42.8. The molecule has 1 amide bonds. The summed E-state index contributed by atoms with van der Waals surface area (Å²) in [7, 11) is 2.35. The van der Waals surface area contributed by atoms with Crippen molar-refractivity contribution >= 4 is 21.6 Å². The Balaban J connectivity index is 1.75. The van der Waals surface area contributed by atoms with Gasteiger partial charge < -0.3 is 19.5 Å². The summed E-state index contributed by atoms with van der Waals surface area (Å²) in [6.45, 7) is 1.85. The number of sulfonamides is 1. The molecule has 8 nitrogen and oxygen atoms in total. The molecule has 0 aliphatic carbocycles. The molecule has 1 unspecified atom stereocenters. The number of rotatable bonds is 9. The van der Waals surface area contributed by atoms with Gasteiger partial charge in [-0.3, -0.25) is 9.10 Å². The fraction of sp³-hybridized carbons (Fsp3) is 0.240. The second-order valence-electron chi connectivity index (χ2n) is 7.50. The van der Waals surface area contributed by atoms with E-state index in [1.54, 1.807) is 62.8 Å². The first-order valence-corrected chi connectivity index (χ1v) is 11.9. The van der Waals surface area contributed by atoms with E-state index in [1.165, 1.54) is 30.6 Å². The standard InChI is InChI=1S/C25H28N2O6S/c1-17(23-16-21(32-4)12-15-24(23)33-5)26-25(28)18-6-8-19(9-7-18)27(2)34(29,30)22-13-10-20(31-3)11-14-22/h6-17H,1-5H3,(H,26,28). The molecule has 0 heterocycles. The first-order valence-electron chi connectivity index (χ1n) is 10.5. The number of hydrogen-bond donors (Lipinski definition) is 1. The maximum Gasteiger partial charge on any atom is 0.264 e. The average molecular weight is 485 g/mol. The van der Waals surface area contributed by atoms with Gasteiger partial charge in [-0.2, -0.15) is 0 Å². The number of hydrogen-bond acceptors (Lipinski definition) is 6. The Morgan fingerprint density at radius 3 is 2.00 bits per heavy atom. The Labute approximate surface area is 200 Å². The number of methoxy groups -OCH3 is 3. The molecule has 1 atom stereocenters. The van der Waals surface area contributed by atoms with Crippen LogP contribution in [0.15, 0.2) is 71.6 Å². The van der Waals surface area contributed by atoms with Crippen molar-refractivity contribution in [1.29, 1.82) is 0 Å². The van der Waals surface area contributed by atoms with E-state index in [0.29, 0.717) is 28.5 Å². The van der Waals surface area contributed by atoms with Crippen LogP contribution in [-0.2, 0) is 10.0 Å². The monoisotopic (exact) mass is 484 g/mol. The zero-order chi connectivity index (χ0) is 24.9. The van der Waals surface area contributed by atoms with Gasteiger partial charge in [-0.1, -0.05) is 0 Å². The largest absolute Gasteiger partial charge is 0.497 e. The number of carbonyl (C=O) groups is 1. The molecule has 3 rings (SSSR count). The molecule has 0 saturated heterocycles. The molecular formula is C25H28N2O6S. The molecule has 0 aliphatic heterocycles. The van der Waals surface area contributed by atoms with Crippen molar-refractivity contribution in [2.24, 2.45) is 0 Å². The van der Waals surface area contributed by atoms with Crippen LogP contribution < -0.4 is 23.8 Å². The highest BCUT2D eigenvalue weighted by molar-refractivity contribution is 7.92. The number of anilines is 1. The van der Waals surface area contributed by atoms with Crippen LogP contribution in [0, 0.1) is 0 Å². The first-order chi connectivity index (χ1) is 16.2. The summed E-state index contributed by atoms with van der Waals surface area (Å²) in [6, 6.07) is 17.5. The lowest BCUT2D eigenvalue weighted by molar-refractivity contribution is 0.0939. The van der Waals surface area contributed by atoms with Crippen molar-refractivity contribution in [3.05, 3.63) is 77.9 Å². The Hall–Kier alpha value is -3.72. The highest BCUT2D eigenvalue weighted by Crippen LogP contribution is 2.30. The van der Waals surface area contributed by atoms with E-state index in [9.17, 15) is 13.2 Å². The SMILES string of the molecule is COc1ccc(S(=O)(=O)N(C)c2ccc(C(=O)NC(C)c3cc(OC)ccc3OC)cc2)cc1. The number of amides is 1. The topological polar surface area (TPSA) is 94.2 Å². The molecule has 3 aromatic rings. The minimum Gasteiger partial charge on any atom is -0.497 e. The maximum atomic E-state index is 12.9. The number of carbonyl (C=O) groups excluding carboxylic acids is 1. The summed E-state index contributed by atoms with van der Waals surface area (Å²) in [5.74, 6) is 1.55. The zero-order valence-corrected chi connectivity index (χ0v) is 20.5.